The lowest BCUT2D eigenvalue weighted by Crippen LogP contribution is -1.97. The Bertz CT molecular complexity index is 308. The third kappa shape index (κ3) is 3.45. The predicted molar refractivity (Wildman–Crippen MR) is 68.1 cm³/mol. The van der Waals surface area contributed by atoms with Gasteiger partial charge in [-0.2, -0.15) is 0 Å². The summed E-state index contributed by atoms with van der Waals surface area (Å²) >= 11 is 1.90. The van der Waals surface area contributed by atoms with Crippen LogP contribution in [-0.4, -0.2) is 11.9 Å². The monoisotopic (exact) mass is 224 g/mol. The van der Waals surface area contributed by atoms with Crippen molar-refractivity contribution in [2.45, 2.75) is 44.8 Å². The fourth-order valence-electron chi connectivity index (χ4n) is 1.62. The maximum atomic E-state index is 5.62. The van der Waals surface area contributed by atoms with Crippen molar-refractivity contribution in [1.82, 2.24) is 0 Å². The third-order valence-electron chi connectivity index (χ3n) is 2.09. The van der Waals surface area contributed by atoms with Crippen LogP contribution in [-0.2, 0) is 0 Å². The molecule has 0 aliphatic rings. The minimum absolute atomic E-state index is 0.627. The first-order valence-corrected chi connectivity index (χ1v) is 6.33. The van der Waals surface area contributed by atoms with Gasteiger partial charge in [-0.1, -0.05) is 13.8 Å². The number of benzene rings is 1. The van der Waals surface area contributed by atoms with E-state index >= 15 is 0 Å². The van der Waals surface area contributed by atoms with E-state index in [1.165, 1.54) is 16.0 Å². The minimum Gasteiger partial charge on any atom is -0.493 e. The summed E-state index contributed by atoms with van der Waals surface area (Å²) in [7, 11) is 0. The van der Waals surface area contributed by atoms with E-state index in [4.69, 9.17) is 4.74 Å². The summed E-state index contributed by atoms with van der Waals surface area (Å²) in [5.74, 6) is 1.05. The van der Waals surface area contributed by atoms with Gasteiger partial charge in [-0.3, -0.25) is 0 Å². The quantitative estimate of drug-likeness (QED) is 0.709. The Kier molecular flexibility index (Phi) is 4.52. The van der Waals surface area contributed by atoms with Gasteiger partial charge in [0.15, 0.2) is 0 Å². The summed E-state index contributed by atoms with van der Waals surface area (Å²) in [5, 5.41) is 0.627. The van der Waals surface area contributed by atoms with Crippen LogP contribution in [0.5, 0.6) is 5.75 Å². The Morgan fingerprint density at radius 1 is 1.20 bits per heavy atom. The van der Waals surface area contributed by atoms with Crippen molar-refractivity contribution >= 4 is 11.8 Å². The highest BCUT2D eigenvalue weighted by Gasteiger charge is 2.07. The molecule has 0 spiro atoms. The molecule has 0 atom stereocenters. The third-order valence-corrected chi connectivity index (χ3v) is 3.07. The minimum atomic E-state index is 0.627. The van der Waals surface area contributed by atoms with Crippen LogP contribution in [0.2, 0.25) is 0 Å². The van der Waals surface area contributed by atoms with Gasteiger partial charge in [0.2, 0.25) is 0 Å². The molecule has 0 bridgehead atoms. The number of aryl methyl sites for hydroxylation is 2. The molecule has 0 N–H and O–H groups in total. The second kappa shape index (κ2) is 5.45. The number of rotatable bonds is 4. The Balaban J connectivity index is 2.97. The molecule has 1 rings (SSSR count). The van der Waals surface area contributed by atoms with E-state index in [2.05, 4.69) is 39.8 Å². The largest absolute Gasteiger partial charge is 0.493 e. The highest BCUT2D eigenvalue weighted by atomic mass is 32.2. The van der Waals surface area contributed by atoms with Gasteiger partial charge in [-0.05, 0) is 44.0 Å². The second-order valence-corrected chi connectivity index (χ2v) is 5.64. The molecule has 84 valence electrons. The van der Waals surface area contributed by atoms with E-state index < -0.39 is 0 Å². The number of ether oxygens (including phenoxy) is 1. The maximum absolute atomic E-state index is 5.62. The van der Waals surface area contributed by atoms with Crippen LogP contribution in [0, 0.1) is 13.8 Å². The van der Waals surface area contributed by atoms with Crippen LogP contribution in [0.15, 0.2) is 17.0 Å². The maximum Gasteiger partial charge on any atom is 0.125 e. The second-order valence-electron chi connectivity index (χ2n) is 3.99. The fourth-order valence-corrected chi connectivity index (χ4v) is 2.66. The molecule has 0 saturated carbocycles. The van der Waals surface area contributed by atoms with E-state index in [0.717, 1.165) is 12.4 Å². The molecule has 0 heterocycles. The van der Waals surface area contributed by atoms with Gasteiger partial charge in [0.05, 0.1) is 6.61 Å². The van der Waals surface area contributed by atoms with Gasteiger partial charge in [0.25, 0.3) is 0 Å². The molecule has 0 aliphatic heterocycles. The molecule has 0 unspecified atom stereocenters. The Morgan fingerprint density at radius 2 is 1.73 bits per heavy atom. The molecule has 0 aromatic heterocycles. The number of hydrogen-bond donors (Lipinski definition) is 0. The first-order valence-electron chi connectivity index (χ1n) is 5.45. The number of hydrogen-bond acceptors (Lipinski definition) is 2. The summed E-state index contributed by atoms with van der Waals surface area (Å²) in [5.41, 5.74) is 2.47. The molecular weight excluding hydrogens is 204 g/mol. The van der Waals surface area contributed by atoms with Gasteiger partial charge >= 0.3 is 0 Å². The van der Waals surface area contributed by atoms with E-state index in [0.29, 0.717) is 5.25 Å². The average molecular weight is 224 g/mol. The average Bonchev–Trinajstić information content (AvgIpc) is 2.10. The summed E-state index contributed by atoms with van der Waals surface area (Å²) in [4.78, 5) is 1.34. The number of thioether (sulfide) groups is 1. The van der Waals surface area contributed by atoms with Crippen LogP contribution in [0.25, 0.3) is 0 Å². The van der Waals surface area contributed by atoms with Crippen molar-refractivity contribution in [2.75, 3.05) is 6.61 Å². The van der Waals surface area contributed by atoms with Gasteiger partial charge in [-0.15, -0.1) is 11.8 Å². The van der Waals surface area contributed by atoms with E-state index in [1.54, 1.807) is 0 Å². The van der Waals surface area contributed by atoms with Gasteiger partial charge < -0.3 is 4.74 Å². The van der Waals surface area contributed by atoms with Crippen molar-refractivity contribution in [3.63, 3.8) is 0 Å². The molecule has 0 radical (unpaired) electrons. The highest BCUT2D eigenvalue weighted by Crippen LogP contribution is 2.31. The standard InChI is InChI=1S/C13H20OS/c1-6-14-13-10(4)7-12(8-11(13)5)15-9(2)3/h7-9H,6H2,1-5H3. The van der Waals surface area contributed by atoms with Gasteiger partial charge in [-0.25, -0.2) is 0 Å². The zero-order chi connectivity index (χ0) is 11.4. The van der Waals surface area contributed by atoms with E-state index in [1.807, 2.05) is 18.7 Å². The van der Waals surface area contributed by atoms with Crippen LogP contribution < -0.4 is 4.74 Å². The zero-order valence-corrected chi connectivity index (χ0v) is 11.1. The molecule has 0 fully saturated rings. The topological polar surface area (TPSA) is 9.23 Å². The Morgan fingerprint density at radius 3 is 2.13 bits per heavy atom. The lowest BCUT2D eigenvalue weighted by Gasteiger charge is -2.13. The van der Waals surface area contributed by atoms with Crippen LogP contribution in [0.3, 0.4) is 0 Å². The summed E-state index contributed by atoms with van der Waals surface area (Å²) in [6.07, 6.45) is 0. The molecule has 1 aromatic rings. The van der Waals surface area contributed by atoms with E-state index in [-0.39, 0.29) is 0 Å². The van der Waals surface area contributed by atoms with Crippen molar-refractivity contribution < 1.29 is 4.74 Å². The van der Waals surface area contributed by atoms with Gasteiger partial charge in [0.1, 0.15) is 5.75 Å². The molecule has 1 nitrogen and oxygen atoms in total. The Hall–Kier alpha value is -0.630. The predicted octanol–water partition coefficient (Wildman–Crippen LogP) is 4.20. The summed E-state index contributed by atoms with van der Waals surface area (Å²) < 4.78 is 5.62. The molecule has 0 amide bonds. The molecular formula is C13H20OS. The van der Waals surface area contributed by atoms with Gasteiger partial charge in [0, 0.05) is 10.1 Å². The Labute approximate surface area is 97.2 Å². The first kappa shape index (κ1) is 12.4. The smallest absolute Gasteiger partial charge is 0.125 e. The molecule has 15 heavy (non-hydrogen) atoms. The van der Waals surface area contributed by atoms with Crippen LogP contribution in [0.1, 0.15) is 31.9 Å². The molecule has 1 aromatic carbocycles. The lowest BCUT2D eigenvalue weighted by atomic mass is 10.1. The highest BCUT2D eigenvalue weighted by molar-refractivity contribution is 7.99. The van der Waals surface area contributed by atoms with Crippen molar-refractivity contribution in [3.05, 3.63) is 23.3 Å². The van der Waals surface area contributed by atoms with Crippen LogP contribution in [0.4, 0.5) is 0 Å². The van der Waals surface area contributed by atoms with Crippen molar-refractivity contribution in [1.29, 1.82) is 0 Å². The summed E-state index contributed by atoms with van der Waals surface area (Å²) in [6.45, 7) is 11.4. The van der Waals surface area contributed by atoms with Crippen molar-refractivity contribution in [2.24, 2.45) is 0 Å². The molecule has 0 aliphatic carbocycles. The lowest BCUT2D eigenvalue weighted by molar-refractivity contribution is 0.335. The van der Waals surface area contributed by atoms with Crippen LogP contribution >= 0.6 is 11.8 Å². The SMILES string of the molecule is CCOc1c(C)cc(SC(C)C)cc1C. The van der Waals surface area contributed by atoms with E-state index in [9.17, 15) is 0 Å². The summed E-state index contributed by atoms with van der Waals surface area (Å²) in [6, 6.07) is 4.42. The van der Waals surface area contributed by atoms with Crippen molar-refractivity contribution in [3.8, 4) is 5.75 Å². The zero-order valence-electron chi connectivity index (χ0n) is 10.3. The normalized spacial score (nSPS) is 10.8. The molecule has 2 heteroatoms. The molecule has 0 saturated heterocycles. The first-order chi connectivity index (χ1) is 7.04. The fraction of sp³-hybridized carbons (Fsp3) is 0.538.